The molecular formula is C11H11BrClN3S. The molecule has 0 bridgehead atoms. The summed E-state index contributed by atoms with van der Waals surface area (Å²) in [6.45, 7) is 2.03. The SMILES string of the molecule is CCC(N)c1nnc(-c2ccc(Br)c(Cl)c2)s1. The van der Waals surface area contributed by atoms with E-state index >= 15 is 0 Å². The van der Waals surface area contributed by atoms with Crippen LogP contribution in [-0.2, 0) is 0 Å². The number of nitrogens with two attached hydrogens (primary N) is 1. The molecule has 1 atom stereocenters. The van der Waals surface area contributed by atoms with Gasteiger partial charge in [0.2, 0.25) is 0 Å². The molecule has 1 heterocycles. The molecule has 0 amide bonds. The van der Waals surface area contributed by atoms with Crippen molar-refractivity contribution in [2.45, 2.75) is 19.4 Å². The fourth-order valence-electron chi connectivity index (χ4n) is 1.30. The molecule has 0 fully saturated rings. The molecule has 17 heavy (non-hydrogen) atoms. The van der Waals surface area contributed by atoms with Crippen LogP contribution in [-0.4, -0.2) is 10.2 Å². The largest absolute Gasteiger partial charge is 0.322 e. The predicted octanol–water partition coefficient (Wildman–Crippen LogP) is 4.03. The van der Waals surface area contributed by atoms with Gasteiger partial charge >= 0.3 is 0 Å². The van der Waals surface area contributed by atoms with Gasteiger partial charge in [-0.2, -0.15) is 0 Å². The van der Waals surface area contributed by atoms with E-state index in [4.69, 9.17) is 17.3 Å². The third-order valence-corrected chi connectivity index (χ3v) is 4.70. The Hall–Kier alpha value is -0.490. The van der Waals surface area contributed by atoms with Crippen molar-refractivity contribution in [1.29, 1.82) is 0 Å². The molecule has 0 aliphatic heterocycles. The average molecular weight is 333 g/mol. The number of hydrogen-bond donors (Lipinski definition) is 1. The van der Waals surface area contributed by atoms with Crippen molar-refractivity contribution in [3.05, 3.63) is 32.7 Å². The lowest BCUT2D eigenvalue weighted by Gasteiger charge is -2.01. The van der Waals surface area contributed by atoms with Crippen molar-refractivity contribution < 1.29 is 0 Å². The van der Waals surface area contributed by atoms with E-state index in [-0.39, 0.29) is 6.04 Å². The number of aromatic nitrogens is 2. The second-order valence-corrected chi connectivity index (χ2v) is 5.86. The van der Waals surface area contributed by atoms with Crippen LogP contribution in [0.1, 0.15) is 24.4 Å². The molecule has 0 radical (unpaired) electrons. The minimum Gasteiger partial charge on any atom is -0.322 e. The maximum Gasteiger partial charge on any atom is 0.147 e. The summed E-state index contributed by atoms with van der Waals surface area (Å²) in [5.41, 5.74) is 6.88. The van der Waals surface area contributed by atoms with Gasteiger partial charge in [-0.15, -0.1) is 10.2 Å². The summed E-state index contributed by atoms with van der Waals surface area (Å²) in [6, 6.07) is 5.69. The Morgan fingerprint density at radius 1 is 1.47 bits per heavy atom. The molecule has 1 unspecified atom stereocenters. The van der Waals surface area contributed by atoms with Gasteiger partial charge in [0, 0.05) is 10.0 Å². The van der Waals surface area contributed by atoms with E-state index in [0.29, 0.717) is 5.02 Å². The van der Waals surface area contributed by atoms with Gasteiger partial charge in [-0.3, -0.25) is 0 Å². The Morgan fingerprint density at radius 2 is 2.24 bits per heavy atom. The minimum absolute atomic E-state index is 0.0350. The number of benzene rings is 1. The quantitative estimate of drug-likeness (QED) is 0.923. The Balaban J connectivity index is 2.33. The molecular weight excluding hydrogens is 322 g/mol. The molecule has 2 aromatic rings. The molecule has 0 saturated heterocycles. The van der Waals surface area contributed by atoms with E-state index in [0.717, 1.165) is 26.5 Å². The lowest BCUT2D eigenvalue weighted by Crippen LogP contribution is -2.07. The lowest BCUT2D eigenvalue weighted by atomic mass is 10.2. The zero-order valence-corrected chi connectivity index (χ0v) is 12.3. The number of nitrogens with zero attached hydrogens (tertiary/aromatic N) is 2. The standard InChI is InChI=1S/C11H11BrClN3S/c1-2-9(14)11-16-15-10(17-11)6-3-4-7(12)8(13)5-6/h3-5,9H,2,14H2,1H3. The summed E-state index contributed by atoms with van der Waals surface area (Å²) in [6.07, 6.45) is 0.857. The van der Waals surface area contributed by atoms with Crippen LogP contribution in [0.25, 0.3) is 10.6 Å². The van der Waals surface area contributed by atoms with E-state index in [1.54, 1.807) is 0 Å². The van der Waals surface area contributed by atoms with Gasteiger partial charge < -0.3 is 5.73 Å². The van der Waals surface area contributed by atoms with Crippen LogP contribution in [0.15, 0.2) is 22.7 Å². The van der Waals surface area contributed by atoms with Crippen molar-refractivity contribution >= 4 is 38.9 Å². The van der Waals surface area contributed by atoms with Gasteiger partial charge in [0.05, 0.1) is 11.1 Å². The first-order valence-corrected chi connectivity index (χ1v) is 7.15. The molecule has 2 rings (SSSR count). The smallest absolute Gasteiger partial charge is 0.147 e. The number of hydrogen-bond acceptors (Lipinski definition) is 4. The lowest BCUT2D eigenvalue weighted by molar-refractivity contribution is 0.683. The van der Waals surface area contributed by atoms with Gasteiger partial charge in [0.15, 0.2) is 0 Å². The van der Waals surface area contributed by atoms with Crippen molar-refractivity contribution in [3.63, 3.8) is 0 Å². The van der Waals surface area contributed by atoms with Crippen molar-refractivity contribution in [2.24, 2.45) is 5.73 Å². The second kappa shape index (κ2) is 5.44. The van der Waals surface area contributed by atoms with Gasteiger partial charge in [0.1, 0.15) is 10.0 Å². The third-order valence-electron chi connectivity index (χ3n) is 2.36. The summed E-state index contributed by atoms with van der Waals surface area (Å²) < 4.78 is 0.873. The Kier molecular flexibility index (Phi) is 4.14. The maximum absolute atomic E-state index is 6.05. The molecule has 90 valence electrons. The van der Waals surface area contributed by atoms with Crippen LogP contribution in [0, 0.1) is 0 Å². The van der Waals surface area contributed by atoms with Crippen LogP contribution in [0.3, 0.4) is 0 Å². The van der Waals surface area contributed by atoms with Crippen molar-refractivity contribution in [2.75, 3.05) is 0 Å². The predicted molar refractivity (Wildman–Crippen MR) is 75.3 cm³/mol. The topological polar surface area (TPSA) is 51.8 Å². The van der Waals surface area contributed by atoms with Crippen LogP contribution < -0.4 is 5.73 Å². The molecule has 1 aromatic heterocycles. The van der Waals surface area contributed by atoms with Crippen LogP contribution in [0.2, 0.25) is 5.02 Å². The Morgan fingerprint density at radius 3 is 2.88 bits per heavy atom. The Labute approximate surface area is 117 Å². The highest BCUT2D eigenvalue weighted by Crippen LogP contribution is 2.31. The van der Waals surface area contributed by atoms with Gasteiger partial charge in [-0.05, 0) is 34.5 Å². The highest BCUT2D eigenvalue weighted by atomic mass is 79.9. The Bertz CT molecular complexity index is 529. The molecule has 0 aliphatic rings. The maximum atomic E-state index is 6.05. The third kappa shape index (κ3) is 2.85. The first-order valence-electron chi connectivity index (χ1n) is 5.16. The van der Waals surface area contributed by atoms with E-state index in [2.05, 4.69) is 26.1 Å². The van der Waals surface area contributed by atoms with Crippen molar-refractivity contribution in [3.8, 4) is 10.6 Å². The van der Waals surface area contributed by atoms with Crippen LogP contribution >= 0.6 is 38.9 Å². The molecule has 2 N–H and O–H groups in total. The van der Waals surface area contributed by atoms with Crippen LogP contribution in [0.5, 0.6) is 0 Å². The zero-order valence-electron chi connectivity index (χ0n) is 9.15. The number of rotatable bonds is 3. The van der Waals surface area contributed by atoms with Crippen molar-refractivity contribution in [1.82, 2.24) is 10.2 Å². The monoisotopic (exact) mass is 331 g/mol. The highest BCUT2D eigenvalue weighted by Gasteiger charge is 2.12. The van der Waals surface area contributed by atoms with Gasteiger partial charge in [-0.1, -0.05) is 35.9 Å². The molecule has 3 nitrogen and oxygen atoms in total. The van der Waals surface area contributed by atoms with E-state index < -0.39 is 0 Å². The summed E-state index contributed by atoms with van der Waals surface area (Å²) in [5, 5.41) is 10.6. The summed E-state index contributed by atoms with van der Waals surface area (Å²) in [7, 11) is 0. The summed E-state index contributed by atoms with van der Waals surface area (Å²) in [5.74, 6) is 0. The van der Waals surface area contributed by atoms with E-state index in [1.165, 1.54) is 11.3 Å². The fraction of sp³-hybridized carbons (Fsp3) is 0.273. The summed E-state index contributed by atoms with van der Waals surface area (Å²) >= 11 is 10.9. The average Bonchev–Trinajstić information content (AvgIpc) is 2.81. The second-order valence-electron chi connectivity index (χ2n) is 3.59. The first kappa shape index (κ1) is 13.0. The number of halogens is 2. The molecule has 6 heteroatoms. The van der Waals surface area contributed by atoms with Crippen LogP contribution in [0.4, 0.5) is 0 Å². The summed E-state index contributed by atoms with van der Waals surface area (Å²) in [4.78, 5) is 0. The fourth-order valence-corrected chi connectivity index (χ4v) is 2.66. The highest BCUT2D eigenvalue weighted by molar-refractivity contribution is 9.10. The molecule has 0 saturated carbocycles. The molecule has 0 spiro atoms. The molecule has 0 aliphatic carbocycles. The van der Waals surface area contributed by atoms with E-state index in [9.17, 15) is 0 Å². The molecule has 1 aromatic carbocycles. The zero-order chi connectivity index (χ0) is 12.4. The van der Waals surface area contributed by atoms with Gasteiger partial charge in [-0.25, -0.2) is 0 Å². The van der Waals surface area contributed by atoms with Gasteiger partial charge in [0.25, 0.3) is 0 Å². The first-order chi connectivity index (χ1) is 8.11. The van der Waals surface area contributed by atoms with E-state index in [1.807, 2.05) is 25.1 Å². The minimum atomic E-state index is -0.0350. The normalized spacial score (nSPS) is 12.7.